The third kappa shape index (κ3) is 3.29. The lowest BCUT2D eigenvalue weighted by Crippen LogP contribution is -2.39. The van der Waals surface area contributed by atoms with Gasteiger partial charge in [-0.15, -0.1) is 0 Å². The molecule has 0 amide bonds. The van der Waals surface area contributed by atoms with E-state index in [1.54, 1.807) is 6.92 Å². The highest BCUT2D eigenvalue weighted by Crippen LogP contribution is 2.21. The minimum absolute atomic E-state index is 0.357. The van der Waals surface area contributed by atoms with Gasteiger partial charge in [-0.1, -0.05) is 12.1 Å². The van der Waals surface area contributed by atoms with Crippen molar-refractivity contribution in [2.75, 3.05) is 0 Å². The lowest BCUT2D eigenvalue weighted by molar-refractivity contribution is 0.0251. The highest BCUT2D eigenvalue weighted by molar-refractivity contribution is 5.83. The first-order chi connectivity index (χ1) is 8.97. The number of halogens is 3. The molecule has 5 heteroatoms. The van der Waals surface area contributed by atoms with Gasteiger partial charge in [-0.2, -0.15) is 0 Å². The number of alkyl halides is 3. The third-order valence-electron chi connectivity index (χ3n) is 3.11. The van der Waals surface area contributed by atoms with Gasteiger partial charge in [0.1, 0.15) is 0 Å². The van der Waals surface area contributed by atoms with Crippen molar-refractivity contribution in [2.24, 2.45) is 0 Å². The first-order valence-corrected chi connectivity index (χ1v) is 6.22. The van der Waals surface area contributed by atoms with Crippen molar-refractivity contribution in [3.8, 4) is 0 Å². The minimum Gasteiger partial charge on any atom is -0.361 e. The maximum Gasteiger partial charge on any atom is 0.282 e. The summed E-state index contributed by atoms with van der Waals surface area (Å²) in [6.45, 7) is 3.70. The topological polar surface area (TPSA) is 27.8 Å². The van der Waals surface area contributed by atoms with Crippen LogP contribution in [0.3, 0.4) is 0 Å². The van der Waals surface area contributed by atoms with Crippen molar-refractivity contribution in [1.82, 2.24) is 10.3 Å². The van der Waals surface area contributed by atoms with E-state index >= 15 is 0 Å². The molecule has 0 spiro atoms. The van der Waals surface area contributed by atoms with Crippen LogP contribution in [0.4, 0.5) is 13.2 Å². The zero-order chi connectivity index (χ0) is 14.0. The fraction of sp³-hybridized carbons (Fsp3) is 0.429. The monoisotopic (exact) mass is 270 g/mol. The molecule has 0 bridgehead atoms. The second-order valence-electron chi connectivity index (χ2n) is 4.87. The summed E-state index contributed by atoms with van der Waals surface area (Å²) >= 11 is 0. The summed E-state index contributed by atoms with van der Waals surface area (Å²) in [6, 6.07) is 5.65. The Labute approximate surface area is 110 Å². The smallest absolute Gasteiger partial charge is 0.282 e. The van der Waals surface area contributed by atoms with Crippen molar-refractivity contribution < 1.29 is 13.2 Å². The molecule has 0 fully saturated rings. The van der Waals surface area contributed by atoms with E-state index in [0.29, 0.717) is 6.42 Å². The van der Waals surface area contributed by atoms with Gasteiger partial charge in [0, 0.05) is 23.1 Å². The molecule has 0 aliphatic rings. The molecule has 1 heterocycles. The predicted molar refractivity (Wildman–Crippen MR) is 70.2 cm³/mol. The number of rotatable bonds is 5. The SMILES string of the molecule is Cc1ccc2c(CC(C)NC(F)C(F)F)c[nH]c2c1. The van der Waals surface area contributed by atoms with E-state index in [4.69, 9.17) is 0 Å². The Kier molecular flexibility index (Phi) is 4.14. The van der Waals surface area contributed by atoms with Crippen LogP contribution in [0.2, 0.25) is 0 Å². The van der Waals surface area contributed by atoms with Gasteiger partial charge in [0.05, 0.1) is 0 Å². The van der Waals surface area contributed by atoms with Gasteiger partial charge >= 0.3 is 0 Å². The van der Waals surface area contributed by atoms with E-state index in [9.17, 15) is 13.2 Å². The van der Waals surface area contributed by atoms with Gasteiger partial charge in [-0.05, 0) is 37.5 Å². The van der Waals surface area contributed by atoms with Crippen LogP contribution in [0, 0.1) is 6.92 Å². The zero-order valence-corrected chi connectivity index (χ0v) is 10.9. The maximum absolute atomic E-state index is 12.9. The molecule has 104 valence electrons. The Morgan fingerprint density at radius 2 is 2.00 bits per heavy atom. The van der Waals surface area contributed by atoms with Gasteiger partial charge < -0.3 is 4.98 Å². The molecule has 0 aliphatic carbocycles. The molecule has 1 aromatic carbocycles. The molecule has 2 atom stereocenters. The molecule has 2 N–H and O–H groups in total. The molecule has 19 heavy (non-hydrogen) atoms. The Morgan fingerprint density at radius 3 is 2.68 bits per heavy atom. The van der Waals surface area contributed by atoms with E-state index in [-0.39, 0.29) is 6.04 Å². The number of aromatic nitrogens is 1. The van der Waals surface area contributed by atoms with Crippen molar-refractivity contribution in [2.45, 2.75) is 39.0 Å². The van der Waals surface area contributed by atoms with E-state index < -0.39 is 12.7 Å². The first-order valence-electron chi connectivity index (χ1n) is 6.22. The molecule has 0 saturated heterocycles. The standard InChI is InChI=1S/C14H17F3N2/c1-8-3-4-11-10(7-18-12(11)5-8)6-9(2)19-14(17)13(15)16/h3-5,7,9,13-14,18-19H,6H2,1-2H3. The van der Waals surface area contributed by atoms with E-state index in [1.807, 2.05) is 31.3 Å². The molecule has 0 radical (unpaired) electrons. The van der Waals surface area contributed by atoms with Crippen LogP contribution in [0.5, 0.6) is 0 Å². The normalized spacial score (nSPS) is 15.1. The molecular weight excluding hydrogens is 253 g/mol. The van der Waals surface area contributed by atoms with Gasteiger partial charge in [0.2, 0.25) is 6.30 Å². The van der Waals surface area contributed by atoms with Crippen LogP contribution in [-0.2, 0) is 6.42 Å². The molecule has 0 aliphatic heterocycles. The summed E-state index contributed by atoms with van der Waals surface area (Å²) in [6.07, 6.45) is -2.93. The minimum atomic E-state index is -2.99. The largest absolute Gasteiger partial charge is 0.361 e. The summed E-state index contributed by atoms with van der Waals surface area (Å²) in [5.74, 6) is 0. The van der Waals surface area contributed by atoms with Crippen LogP contribution >= 0.6 is 0 Å². The second kappa shape index (κ2) is 5.65. The number of benzene rings is 1. The third-order valence-corrected chi connectivity index (χ3v) is 3.11. The van der Waals surface area contributed by atoms with Crippen LogP contribution in [0.25, 0.3) is 10.9 Å². The lowest BCUT2D eigenvalue weighted by atomic mass is 10.0. The Hall–Kier alpha value is -1.49. The highest BCUT2D eigenvalue weighted by atomic mass is 19.3. The Balaban J connectivity index is 2.09. The Bertz CT molecular complexity index is 551. The van der Waals surface area contributed by atoms with Crippen LogP contribution in [0.1, 0.15) is 18.1 Å². The van der Waals surface area contributed by atoms with Gasteiger partial charge in [0.25, 0.3) is 6.43 Å². The summed E-state index contributed by atoms with van der Waals surface area (Å²) in [5, 5.41) is 3.31. The lowest BCUT2D eigenvalue weighted by Gasteiger charge is -2.16. The van der Waals surface area contributed by atoms with Gasteiger partial charge in [0.15, 0.2) is 0 Å². The number of hydrogen-bond donors (Lipinski definition) is 2. The van der Waals surface area contributed by atoms with E-state index in [1.165, 1.54) is 0 Å². The summed E-state index contributed by atoms with van der Waals surface area (Å²) in [4.78, 5) is 3.14. The quantitative estimate of drug-likeness (QED) is 0.799. The van der Waals surface area contributed by atoms with Crippen molar-refractivity contribution in [3.63, 3.8) is 0 Å². The number of aryl methyl sites for hydroxylation is 1. The average Bonchev–Trinajstić information content (AvgIpc) is 2.71. The number of H-pyrrole nitrogens is 1. The Morgan fingerprint density at radius 1 is 1.26 bits per heavy atom. The van der Waals surface area contributed by atoms with Crippen LogP contribution in [0.15, 0.2) is 24.4 Å². The summed E-state index contributed by atoms with van der Waals surface area (Å²) in [7, 11) is 0. The number of aromatic amines is 1. The highest BCUT2D eigenvalue weighted by Gasteiger charge is 2.21. The van der Waals surface area contributed by atoms with E-state index in [2.05, 4.69) is 10.3 Å². The molecule has 1 aromatic heterocycles. The van der Waals surface area contributed by atoms with Crippen molar-refractivity contribution in [3.05, 3.63) is 35.5 Å². The predicted octanol–water partition coefficient (Wildman–Crippen LogP) is 3.56. The maximum atomic E-state index is 12.9. The van der Waals surface area contributed by atoms with Crippen LogP contribution < -0.4 is 5.32 Å². The fourth-order valence-corrected chi connectivity index (χ4v) is 2.20. The number of fused-ring (bicyclic) bond motifs is 1. The second-order valence-corrected chi connectivity index (χ2v) is 4.87. The molecule has 2 unspecified atom stereocenters. The average molecular weight is 270 g/mol. The number of hydrogen-bond acceptors (Lipinski definition) is 1. The fourth-order valence-electron chi connectivity index (χ4n) is 2.20. The molecule has 2 rings (SSSR count). The summed E-state index contributed by atoms with van der Waals surface area (Å²) < 4.78 is 37.1. The van der Waals surface area contributed by atoms with Crippen LogP contribution in [-0.4, -0.2) is 23.7 Å². The first kappa shape index (κ1) is 13.9. The number of nitrogens with one attached hydrogen (secondary N) is 2. The molecule has 2 nitrogen and oxygen atoms in total. The van der Waals surface area contributed by atoms with E-state index in [0.717, 1.165) is 22.0 Å². The zero-order valence-electron chi connectivity index (χ0n) is 10.9. The van der Waals surface area contributed by atoms with Crippen molar-refractivity contribution >= 4 is 10.9 Å². The van der Waals surface area contributed by atoms with Gasteiger partial charge in [-0.3, -0.25) is 5.32 Å². The molecular formula is C14H17F3N2. The molecule has 2 aromatic rings. The van der Waals surface area contributed by atoms with Gasteiger partial charge in [-0.25, -0.2) is 13.2 Å². The summed E-state index contributed by atoms with van der Waals surface area (Å²) in [5.41, 5.74) is 3.15. The van der Waals surface area contributed by atoms with Crippen molar-refractivity contribution in [1.29, 1.82) is 0 Å². The molecule has 0 saturated carbocycles.